The van der Waals surface area contributed by atoms with Gasteiger partial charge in [0.05, 0.1) is 5.56 Å². The number of hydrogen-bond acceptors (Lipinski definition) is 3. The zero-order valence-electron chi connectivity index (χ0n) is 18.3. The molecule has 4 nitrogen and oxygen atoms in total. The fourth-order valence-electron chi connectivity index (χ4n) is 3.01. The highest BCUT2D eigenvalue weighted by Gasteiger charge is 2.23. The number of carboxylic acids is 1. The Hall–Kier alpha value is -3.23. The van der Waals surface area contributed by atoms with Crippen LogP contribution in [-0.4, -0.2) is 17.0 Å². The molecule has 0 unspecified atom stereocenters. The Balaban J connectivity index is 0.000000501. The van der Waals surface area contributed by atoms with Crippen LogP contribution in [-0.2, 0) is 9.32 Å². The average molecular weight is 434 g/mol. The predicted molar refractivity (Wildman–Crippen MR) is 128 cm³/mol. The summed E-state index contributed by atoms with van der Waals surface area (Å²) in [6.07, 6.45) is 0. The lowest BCUT2D eigenvalue weighted by Gasteiger charge is -2.19. The summed E-state index contributed by atoms with van der Waals surface area (Å²) < 4.78 is 6.04. The lowest BCUT2D eigenvalue weighted by atomic mass is 10.0. The van der Waals surface area contributed by atoms with Gasteiger partial charge in [0, 0.05) is 16.2 Å². The van der Waals surface area contributed by atoms with Crippen molar-refractivity contribution in [2.24, 2.45) is 0 Å². The Bertz CT molecular complexity index is 985. The standard InChI is InChI=1S/C22H21O2P.C4H6O2/c1-16-14-17(2)21(18(3)15-16)22(23)24-25(19-10-6-4-7-11-19)20-12-8-5-9-13-20;1-3(2)4(5)6/h4-15H,1-3H3;1H2,2H3,(H,5,6). The average Bonchev–Trinajstić information content (AvgIpc) is 2.73. The molecule has 3 aromatic rings. The number of rotatable bonds is 5. The van der Waals surface area contributed by atoms with Crippen molar-refractivity contribution in [3.8, 4) is 0 Å². The Morgan fingerprint density at radius 1 is 0.839 bits per heavy atom. The lowest BCUT2D eigenvalue weighted by molar-refractivity contribution is -0.132. The Morgan fingerprint density at radius 2 is 1.23 bits per heavy atom. The molecule has 0 spiro atoms. The molecule has 0 fully saturated rings. The van der Waals surface area contributed by atoms with Gasteiger partial charge >= 0.3 is 11.9 Å². The first-order valence-electron chi connectivity index (χ1n) is 9.80. The second kappa shape index (κ2) is 11.2. The molecule has 3 rings (SSSR count). The first-order valence-corrected chi connectivity index (χ1v) is 11.1. The highest BCUT2D eigenvalue weighted by Crippen LogP contribution is 2.36. The van der Waals surface area contributed by atoms with Crippen LogP contribution in [0.4, 0.5) is 0 Å². The molecule has 0 aliphatic rings. The third-order valence-electron chi connectivity index (χ3n) is 4.40. The topological polar surface area (TPSA) is 63.6 Å². The van der Waals surface area contributed by atoms with Crippen molar-refractivity contribution in [3.63, 3.8) is 0 Å². The van der Waals surface area contributed by atoms with Crippen molar-refractivity contribution in [2.45, 2.75) is 27.7 Å². The molecule has 0 aliphatic heterocycles. The quantitative estimate of drug-likeness (QED) is 0.428. The van der Waals surface area contributed by atoms with E-state index in [-0.39, 0.29) is 11.5 Å². The smallest absolute Gasteiger partial charge is 0.341 e. The van der Waals surface area contributed by atoms with Gasteiger partial charge in [0.2, 0.25) is 0 Å². The van der Waals surface area contributed by atoms with Crippen molar-refractivity contribution in [2.75, 3.05) is 0 Å². The van der Waals surface area contributed by atoms with E-state index < -0.39 is 14.1 Å². The van der Waals surface area contributed by atoms with Gasteiger partial charge in [0.1, 0.15) is 0 Å². The van der Waals surface area contributed by atoms with E-state index in [2.05, 4.69) is 6.58 Å². The van der Waals surface area contributed by atoms with E-state index in [4.69, 9.17) is 9.63 Å². The van der Waals surface area contributed by atoms with Gasteiger partial charge in [-0.3, -0.25) is 0 Å². The van der Waals surface area contributed by atoms with Crippen LogP contribution in [0.25, 0.3) is 0 Å². The van der Waals surface area contributed by atoms with Crippen molar-refractivity contribution in [1.82, 2.24) is 0 Å². The summed E-state index contributed by atoms with van der Waals surface area (Å²) in [5.41, 5.74) is 3.91. The summed E-state index contributed by atoms with van der Waals surface area (Å²) >= 11 is 0. The molecule has 0 saturated heterocycles. The molecule has 0 aliphatic carbocycles. The van der Waals surface area contributed by atoms with E-state index in [0.29, 0.717) is 5.56 Å². The van der Waals surface area contributed by atoms with Crippen LogP contribution in [0.5, 0.6) is 0 Å². The van der Waals surface area contributed by atoms with Gasteiger partial charge < -0.3 is 9.63 Å². The maximum Gasteiger partial charge on any atom is 0.341 e. The number of carbonyl (C=O) groups is 2. The van der Waals surface area contributed by atoms with Crippen LogP contribution >= 0.6 is 8.15 Å². The summed E-state index contributed by atoms with van der Waals surface area (Å²) in [5.74, 6) is -1.19. The molecular formula is C26H27O4P. The molecule has 0 aromatic heterocycles. The predicted octanol–water partition coefficient (Wildman–Crippen LogP) is 5.46. The van der Waals surface area contributed by atoms with Gasteiger partial charge in [0.25, 0.3) is 0 Å². The molecule has 3 aromatic carbocycles. The zero-order valence-corrected chi connectivity index (χ0v) is 19.1. The third kappa shape index (κ3) is 6.91. The summed E-state index contributed by atoms with van der Waals surface area (Å²) in [6.45, 7) is 10.6. The summed E-state index contributed by atoms with van der Waals surface area (Å²) in [5, 5.41) is 9.95. The third-order valence-corrected chi connectivity index (χ3v) is 6.28. The van der Waals surface area contributed by atoms with Gasteiger partial charge in [-0.2, -0.15) is 0 Å². The van der Waals surface area contributed by atoms with E-state index in [9.17, 15) is 9.59 Å². The molecule has 0 bridgehead atoms. The van der Waals surface area contributed by atoms with Crippen molar-refractivity contribution in [1.29, 1.82) is 0 Å². The second-order valence-electron chi connectivity index (χ2n) is 7.20. The van der Waals surface area contributed by atoms with Crippen molar-refractivity contribution < 1.29 is 19.2 Å². The molecular weight excluding hydrogens is 407 g/mol. The maximum atomic E-state index is 12.9. The SMILES string of the molecule is C=C(C)C(=O)O.Cc1cc(C)c(C(=O)OP(c2ccccc2)c2ccccc2)c(C)c1. The van der Waals surface area contributed by atoms with Gasteiger partial charge in [-0.15, -0.1) is 0 Å². The summed E-state index contributed by atoms with van der Waals surface area (Å²) in [4.78, 5) is 22.5. The highest BCUT2D eigenvalue weighted by atomic mass is 31.1. The Morgan fingerprint density at radius 3 is 1.58 bits per heavy atom. The van der Waals surface area contributed by atoms with E-state index in [1.54, 1.807) is 0 Å². The summed E-state index contributed by atoms with van der Waals surface area (Å²) in [7, 11) is -1.20. The van der Waals surface area contributed by atoms with Crippen LogP contribution in [0.1, 0.15) is 34.0 Å². The molecule has 160 valence electrons. The Labute approximate surface area is 185 Å². The second-order valence-corrected chi connectivity index (χ2v) is 9.01. The minimum absolute atomic E-state index is 0.176. The maximum absolute atomic E-state index is 12.9. The molecule has 0 saturated carbocycles. The van der Waals surface area contributed by atoms with Gasteiger partial charge in [-0.25, -0.2) is 9.59 Å². The minimum atomic E-state index is -1.20. The van der Waals surface area contributed by atoms with E-state index in [1.165, 1.54) is 6.92 Å². The van der Waals surface area contributed by atoms with Gasteiger partial charge in [-0.1, -0.05) is 84.9 Å². The first-order chi connectivity index (χ1) is 14.7. The molecule has 5 heteroatoms. The Kier molecular flexibility index (Phi) is 8.72. The number of aryl methyl sites for hydroxylation is 3. The van der Waals surface area contributed by atoms with Crippen LogP contribution < -0.4 is 10.6 Å². The number of carbonyl (C=O) groups excluding carboxylic acids is 1. The monoisotopic (exact) mass is 434 g/mol. The fourth-order valence-corrected chi connectivity index (χ4v) is 4.66. The molecule has 0 heterocycles. The molecule has 0 atom stereocenters. The molecule has 0 radical (unpaired) electrons. The molecule has 31 heavy (non-hydrogen) atoms. The highest BCUT2D eigenvalue weighted by molar-refractivity contribution is 7.69. The van der Waals surface area contributed by atoms with Crippen LogP contribution in [0, 0.1) is 20.8 Å². The minimum Gasteiger partial charge on any atom is -0.478 e. The lowest BCUT2D eigenvalue weighted by Crippen LogP contribution is -2.17. The number of hydrogen-bond donors (Lipinski definition) is 1. The fraction of sp³-hybridized carbons (Fsp3) is 0.154. The molecule has 1 N–H and O–H groups in total. The number of aliphatic carboxylic acids is 1. The van der Waals surface area contributed by atoms with E-state index in [1.807, 2.05) is 93.6 Å². The van der Waals surface area contributed by atoms with E-state index in [0.717, 1.165) is 27.3 Å². The van der Waals surface area contributed by atoms with Crippen molar-refractivity contribution in [3.05, 3.63) is 107 Å². The van der Waals surface area contributed by atoms with Crippen molar-refractivity contribution >= 4 is 30.7 Å². The number of carboxylic acid groups (broad SMARTS) is 1. The normalized spacial score (nSPS) is 10.1. The number of benzene rings is 3. The van der Waals surface area contributed by atoms with Crippen LogP contribution in [0.15, 0.2) is 84.9 Å². The van der Waals surface area contributed by atoms with E-state index >= 15 is 0 Å². The van der Waals surface area contributed by atoms with Crippen LogP contribution in [0.3, 0.4) is 0 Å². The zero-order chi connectivity index (χ0) is 23.0. The first kappa shape index (κ1) is 24.0. The largest absolute Gasteiger partial charge is 0.478 e. The molecule has 0 amide bonds. The summed E-state index contributed by atoms with van der Waals surface area (Å²) in [6, 6.07) is 24.0. The van der Waals surface area contributed by atoms with Crippen LogP contribution in [0.2, 0.25) is 0 Å². The van der Waals surface area contributed by atoms with Gasteiger partial charge in [-0.05, 0) is 38.8 Å². The van der Waals surface area contributed by atoms with Gasteiger partial charge in [0.15, 0.2) is 8.15 Å².